The zero-order valence-corrected chi connectivity index (χ0v) is 17.0. The fourth-order valence-corrected chi connectivity index (χ4v) is 3.90. The molecule has 0 unspecified atom stereocenters. The number of rotatable bonds is 7. The molecule has 8 nitrogen and oxygen atoms in total. The Balaban J connectivity index is 1.56. The van der Waals surface area contributed by atoms with Crippen molar-refractivity contribution < 1.29 is 13.2 Å². The number of aromatic nitrogens is 2. The van der Waals surface area contributed by atoms with E-state index in [4.69, 9.17) is 0 Å². The number of nitrogens with zero attached hydrogens (tertiary/aromatic N) is 2. The van der Waals surface area contributed by atoms with Crippen LogP contribution in [0.1, 0.15) is 28.0 Å². The van der Waals surface area contributed by atoms with Gasteiger partial charge in [-0.25, -0.2) is 18.1 Å². The van der Waals surface area contributed by atoms with Crippen molar-refractivity contribution in [2.45, 2.75) is 25.2 Å². The topological polar surface area (TPSA) is 110 Å². The van der Waals surface area contributed by atoms with Crippen LogP contribution in [0.15, 0.2) is 58.4 Å². The van der Waals surface area contributed by atoms with Gasteiger partial charge < -0.3 is 5.32 Å². The number of sulfonamides is 1. The van der Waals surface area contributed by atoms with Gasteiger partial charge in [0.05, 0.1) is 4.90 Å². The normalized spacial score (nSPS) is 11.5. The number of carbonyl (C=O) groups is 1. The molecule has 0 radical (unpaired) electrons. The maximum absolute atomic E-state index is 12.6. The summed E-state index contributed by atoms with van der Waals surface area (Å²) in [5, 5.41) is 2.63. The molecular weight excluding hydrogens is 392 g/mol. The van der Waals surface area contributed by atoms with Crippen LogP contribution in [-0.2, 0) is 10.0 Å². The van der Waals surface area contributed by atoms with Crippen LogP contribution < -0.4 is 15.6 Å². The maximum atomic E-state index is 12.6. The second-order valence-electron chi connectivity index (χ2n) is 6.66. The third kappa shape index (κ3) is 4.69. The highest BCUT2D eigenvalue weighted by Crippen LogP contribution is 2.09. The number of pyridine rings is 1. The molecule has 0 bridgehead atoms. The molecule has 152 valence electrons. The molecule has 2 aromatic heterocycles. The summed E-state index contributed by atoms with van der Waals surface area (Å²) in [5.41, 5.74) is 1.63. The maximum Gasteiger partial charge on any atom is 0.270 e. The molecule has 0 aliphatic carbocycles. The summed E-state index contributed by atoms with van der Waals surface area (Å²) < 4.78 is 28.3. The van der Waals surface area contributed by atoms with Crippen LogP contribution in [0.5, 0.6) is 0 Å². The monoisotopic (exact) mass is 414 g/mol. The van der Waals surface area contributed by atoms with E-state index >= 15 is 0 Å². The Morgan fingerprint density at radius 1 is 1.07 bits per heavy atom. The Hall–Kier alpha value is -3.04. The average molecular weight is 414 g/mol. The molecule has 0 fully saturated rings. The molecule has 0 saturated carbocycles. The van der Waals surface area contributed by atoms with Crippen LogP contribution in [0.25, 0.3) is 5.65 Å². The van der Waals surface area contributed by atoms with Crippen LogP contribution in [0.3, 0.4) is 0 Å². The van der Waals surface area contributed by atoms with Crippen LogP contribution in [0, 0.1) is 13.8 Å². The summed E-state index contributed by atoms with van der Waals surface area (Å²) in [6.07, 6.45) is 1.63. The van der Waals surface area contributed by atoms with E-state index in [2.05, 4.69) is 15.0 Å². The first-order valence-corrected chi connectivity index (χ1v) is 10.6. The van der Waals surface area contributed by atoms with E-state index in [9.17, 15) is 18.0 Å². The van der Waals surface area contributed by atoms with Gasteiger partial charge in [0.15, 0.2) is 0 Å². The van der Waals surface area contributed by atoms with Gasteiger partial charge in [-0.3, -0.25) is 14.0 Å². The largest absolute Gasteiger partial charge is 0.352 e. The molecule has 3 aromatic rings. The molecule has 2 heterocycles. The second-order valence-corrected chi connectivity index (χ2v) is 8.43. The smallest absolute Gasteiger partial charge is 0.270 e. The van der Waals surface area contributed by atoms with Gasteiger partial charge >= 0.3 is 0 Å². The summed E-state index contributed by atoms with van der Waals surface area (Å²) in [5.74, 6) is -0.540. The molecule has 3 rings (SSSR count). The molecule has 0 aliphatic rings. The third-order valence-electron chi connectivity index (χ3n) is 4.43. The van der Waals surface area contributed by atoms with Crippen molar-refractivity contribution in [1.82, 2.24) is 19.4 Å². The van der Waals surface area contributed by atoms with E-state index < -0.39 is 21.5 Å². The lowest BCUT2D eigenvalue weighted by molar-refractivity contribution is 0.0951. The minimum absolute atomic E-state index is 0.0583. The summed E-state index contributed by atoms with van der Waals surface area (Å²) >= 11 is 0. The zero-order valence-electron chi connectivity index (χ0n) is 16.2. The van der Waals surface area contributed by atoms with E-state index in [-0.39, 0.29) is 23.5 Å². The van der Waals surface area contributed by atoms with E-state index in [1.807, 2.05) is 6.92 Å². The predicted octanol–water partition coefficient (Wildman–Crippen LogP) is 1.41. The standard InChI is InChI=1S/C20H22N4O4S/c1-14-7-9-16(10-8-14)29(27,28)23-12-4-11-21-19(25)17-13-22-18-6-3-5-15(2)24(18)20(17)26/h3,5-10,13,23H,4,11-12H2,1-2H3,(H,21,25). The van der Waals surface area contributed by atoms with Crippen molar-refractivity contribution in [2.24, 2.45) is 0 Å². The predicted molar refractivity (Wildman–Crippen MR) is 110 cm³/mol. The number of carbonyl (C=O) groups excluding carboxylic acids is 1. The lowest BCUT2D eigenvalue weighted by atomic mass is 10.2. The Kier molecular flexibility index (Phi) is 6.09. The Morgan fingerprint density at radius 2 is 1.79 bits per heavy atom. The van der Waals surface area contributed by atoms with Crippen molar-refractivity contribution in [2.75, 3.05) is 13.1 Å². The Bertz CT molecular complexity index is 1200. The molecule has 1 amide bonds. The highest BCUT2D eigenvalue weighted by Gasteiger charge is 2.15. The molecule has 2 N–H and O–H groups in total. The SMILES string of the molecule is Cc1ccc(S(=O)(=O)NCCCNC(=O)c2cnc3cccc(C)n3c2=O)cc1. The fourth-order valence-electron chi connectivity index (χ4n) is 2.82. The van der Waals surface area contributed by atoms with Gasteiger partial charge in [-0.2, -0.15) is 0 Å². The lowest BCUT2D eigenvalue weighted by Crippen LogP contribution is -2.34. The second kappa shape index (κ2) is 8.54. The average Bonchev–Trinajstić information content (AvgIpc) is 2.68. The number of aryl methyl sites for hydroxylation is 2. The molecule has 1 aromatic carbocycles. The van der Waals surface area contributed by atoms with Gasteiger partial charge in [-0.15, -0.1) is 0 Å². The quantitative estimate of drug-likeness (QED) is 0.568. The highest BCUT2D eigenvalue weighted by molar-refractivity contribution is 7.89. The van der Waals surface area contributed by atoms with Gasteiger partial charge in [0.1, 0.15) is 11.2 Å². The fraction of sp³-hybridized carbons (Fsp3) is 0.250. The first kappa shape index (κ1) is 20.7. The number of fused-ring (bicyclic) bond motifs is 1. The number of nitrogens with one attached hydrogen (secondary N) is 2. The molecule has 0 saturated heterocycles. The van der Waals surface area contributed by atoms with Crippen molar-refractivity contribution >= 4 is 21.6 Å². The third-order valence-corrected chi connectivity index (χ3v) is 5.91. The van der Waals surface area contributed by atoms with Gasteiger partial charge in [-0.05, 0) is 44.5 Å². The van der Waals surface area contributed by atoms with Crippen molar-refractivity contribution in [3.63, 3.8) is 0 Å². The van der Waals surface area contributed by atoms with Gasteiger partial charge in [0, 0.05) is 25.0 Å². The van der Waals surface area contributed by atoms with Gasteiger partial charge in [-0.1, -0.05) is 23.8 Å². The molecule has 0 spiro atoms. The van der Waals surface area contributed by atoms with Crippen molar-refractivity contribution in [3.05, 3.63) is 75.8 Å². The minimum atomic E-state index is -3.59. The molecular formula is C20H22N4O4S. The van der Waals surface area contributed by atoms with Gasteiger partial charge in [0.25, 0.3) is 11.5 Å². The Labute approximate surface area is 168 Å². The molecule has 29 heavy (non-hydrogen) atoms. The van der Waals surface area contributed by atoms with Crippen LogP contribution in [-0.4, -0.2) is 36.8 Å². The lowest BCUT2D eigenvalue weighted by Gasteiger charge is -2.09. The number of amides is 1. The van der Waals surface area contributed by atoms with Crippen LogP contribution in [0.4, 0.5) is 0 Å². The van der Waals surface area contributed by atoms with Crippen molar-refractivity contribution in [1.29, 1.82) is 0 Å². The number of benzene rings is 1. The number of hydrogen-bond acceptors (Lipinski definition) is 5. The molecule has 0 atom stereocenters. The highest BCUT2D eigenvalue weighted by atomic mass is 32.2. The summed E-state index contributed by atoms with van der Waals surface area (Å²) in [6, 6.07) is 11.8. The minimum Gasteiger partial charge on any atom is -0.352 e. The Morgan fingerprint density at radius 3 is 2.52 bits per heavy atom. The van der Waals surface area contributed by atoms with Gasteiger partial charge in [0.2, 0.25) is 10.0 Å². The summed E-state index contributed by atoms with van der Waals surface area (Å²) in [6.45, 7) is 4.01. The first-order chi connectivity index (χ1) is 13.8. The van der Waals surface area contributed by atoms with E-state index in [1.165, 1.54) is 10.6 Å². The van der Waals surface area contributed by atoms with Crippen LogP contribution in [0.2, 0.25) is 0 Å². The van der Waals surface area contributed by atoms with E-state index in [0.717, 1.165) is 5.56 Å². The molecule has 0 aliphatic heterocycles. The zero-order chi connectivity index (χ0) is 21.0. The van der Waals surface area contributed by atoms with E-state index in [1.54, 1.807) is 49.4 Å². The van der Waals surface area contributed by atoms with E-state index in [0.29, 0.717) is 17.8 Å². The number of hydrogen-bond donors (Lipinski definition) is 2. The van der Waals surface area contributed by atoms with Crippen molar-refractivity contribution in [3.8, 4) is 0 Å². The summed E-state index contributed by atoms with van der Waals surface area (Å²) in [7, 11) is -3.59. The molecule has 9 heteroatoms. The first-order valence-electron chi connectivity index (χ1n) is 9.11. The summed E-state index contributed by atoms with van der Waals surface area (Å²) in [4.78, 5) is 29.2. The van der Waals surface area contributed by atoms with Crippen LogP contribution >= 0.6 is 0 Å².